The number of nitrogens with one attached hydrogen (secondary N) is 1. The van der Waals surface area contributed by atoms with Crippen molar-refractivity contribution in [3.63, 3.8) is 0 Å². The molecule has 0 saturated heterocycles. The van der Waals surface area contributed by atoms with Crippen molar-refractivity contribution >= 4 is 5.91 Å². The molecule has 1 aliphatic carbocycles. The molecule has 1 heterocycles. The lowest BCUT2D eigenvalue weighted by Gasteiger charge is -2.12. The van der Waals surface area contributed by atoms with Crippen LogP contribution in [0.3, 0.4) is 0 Å². The van der Waals surface area contributed by atoms with Crippen molar-refractivity contribution in [1.29, 1.82) is 0 Å². The van der Waals surface area contributed by atoms with Crippen LogP contribution in [0.1, 0.15) is 23.2 Å². The molecule has 3 N–H and O–H groups in total. The summed E-state index contributed by atoms with van der Waals surface area (Å²) >= 11 is 0. The summed E-state index contributed by atoms with van der Waals surface area (Å²) in [6, 6.07) is 1.64. The van der Waals surface area contributed by atoms with Crippen molar-refractivity contribution in [3.05, 3.63) is 24.0 Å². The number of nitrogens with zero attached hydrogens (tertiary/aromatic N) is 2. The minimum atomic E-state index is -0.107. The van der Waals surface area contributed by atoms with E-state index < -0.39 is 0 Å². The number of amides is 1. The normalized spacial score (nSPS) is 17.1. The summed E-state index contributed by atoms with van der Waals surface area (Å²) in [6.45, 7) is 1.30. The fourth-order valence-electron chi connectivity index (χ4n) is 1.42. The Hall–Kier alpha value is -1.49. The van der Waals surface area contributed by atoms with Gasteiger partial charge in [0.15, 0.2) is 0 Å². The molecule has 0 spiro atoms. The molecular formula is C10H14N4O. The van der Waals surface area contributed by atoms with Crippen LogP contribution in [0.15, 0.2) is 18.5 Å². The summed E-state index contributed by atoms with van der Waals surface area (Å²) in [5, 5.41) is 10.1. The van der Waals surface area contributed by atoms with Gasteiger partial charge in [-0.15, -0.1) is 0 Å². The maximum Gasteiger partial charge on any atom is 0.252 e. The van der Waals surface area contributed by atoms with Crippen molar-refractivity contribution in [2.24, 2.45) is 11.1 Å². The highest BCUT2D eigenvalue weighted by atomic mass is 16.1. The van der Waals surface area contributed by atoms with Crippen LogP contribution in [-0.4, -0.2) is 29.2 Å². The van der Waals surface area contributed by atoms with Crippen molar-refractivity contribution in [1.82, 2.24) is 15.5 Å². The van der Waals surface area contributed by atoms with E-state index in [1.165, 1.54) is 12.4 Å². The first kappa shape index (κ1) is 10.0. The molecule has 1 fully saturated rings. The Bertz CT molecular complexity index is 348. The standard InChI is InChI=1S/C10H14N4O/c11-6-10(2-3-10)7-12-9(15)8-1-4-13-14-5-8/h1,4-5H,2-3,6-7,11H2,(H,12,15). The molecule has 1 amide bonds. The second-order valence-electron chi connectivity index (χ2n) is 4.02. The summed E-state index contributed by atoms with van der Waals surface area (Å²) < 4.78 is 0. The van der Waals surface area contributed by atoms with Gasteiger partial charge in [-0.3, -0.25) is 4.79 Å². The van der Waals surface area contributed by atoms with E-state index in [1.807, 2.05) is 0 Å². The van der Waals surface area contributed by atoms with Crippen LogP contribution >= 0.6 is 0 Å². The molecule has 15 heavy (non-hydrogen) atoms. The summed E-state index contributed by atoms with van der Waals surface area (Å²) in [4.78, 5) is 11.6. The second-order valence-corrected chi connectivity index (χ2v) is 4.02. The van der Waals surface area contributed by atoms with Crippen LogP contribution in [0.4, 0.5) is 0 Å². The van der Waals surface area contributed by atoms with Crippen molar-refractivity contribution in [2.75, 3.05) is 13.1 Å². The van der Waals surface area contributed by atoms with Gasteiger partial charge in [0.2, 0.25) is 0 Å². The predicted octanol–water partition coefficient (Wildman–Crippen LogP) is -0.0547. The van der Waals surface area contributed by atoms with Crippen LogP contribution in [0.5, 0.6) is 0 Å². The van der Waals surface area contributed by atoms with E-state index in [9.17, 15) is 4.79 Å². The van der Waals surface area contributed by atoms with Gasteiger partial charge in [0.05, 0.1) is 18.0 Å². The highest BCUT2D eigenvalue weighted by Gasteiger charge is 2.41. The number of aromatic nitrogens is 2. The zero-order valence-electron chi connectivity index (χ0n) is 8.44. The molecule has 1 aliphatic rings. The van der Waals surface area contributed by atoms with Gasteiger partial charge >= 0.3 is 0 Å². The third-order valence-electron chi connectivity index (χ3n) is 2.86. The van der Waals surface area contributed by atoms with Crippen molar-refractivity contribution in [3.8, 4) is 0 Å². The highest BCUT2D eigenvalue weighted by molar-refractivity contribution is 5.93. The molecule has 2 rings (SSSR count). The molecular weight excluding hydrogens is 192 g/mol. The third kappa shape index (κ3) is 2.30. The first-order chi connectivity index (χ1) is 7.26. The van der Waals surface area contributed by atoms with E-state index in [-0.39, 0.29) is 11.3 Å². The van der Waals surface area contributed by atoms with Gasteiger partial charge in [0.1, 0.15) is 0 Å². The van der Waals surface area contributed by atoms with E-state index in [2.05, 4.69) is 15.5 Å². The molecule has 0 atom stereocenters. The topological polar surface area (TPSA) is 80.9 Å². The highest BCUT2D eigenvalue weighted by Crippen LogP contribution is 2.43. The van der Waals surface area contributed by atoms with E-state index in [0.29, 0.717) is 18.7 Å². The Morgan fingerprint density at radius 1 is 1.53 bits per heavy atom. The summed E-state index contributed by atoms with van der Waals surface area (Å²) in [5.74, 6) is -0.107. The monoisotopic (exact) mass is 206 g/mol. The number of nitrogens with two attached hydrogens (primary N) is 1. The molecule has 0 bridgehead atoms. The van der Waals surface area contributed by atoms with Gasteiger partial charge in [-0.1, -0.05) is 0 Å². The largest absolute Gasteiger partial charge is 0.351 e. The lowest BCUT2D eigenvalue weighted by atomic mass is 10.1. The van der Waals surface area contributed by atoms with Crippen LogP contribution in [0.25, 0.3) is 0 Å². The molecule has 0 radical (unpaired) electrons. The van der Waals surface area contributed by atoms with Gasteiger partial charge in [0.25, 0.3) is 5.91 Å². The maximum absolute atomic E-state index is 11.6. The smallest absolute Gasteiger partial charge is 0.252 e. The average Bonchev–Trinajstić information content (AvgIpc) is 3.08. The Kier molecular flexibility index (Phi) is 2.64. The third-order valence-corrected chi connectivity index (χ3v) is 2.86. The molecule has 5 nitrogen and oxygen atoms in total. The Balaban J connectivity index is 1.88. The van der Waals surface area contributed by atoms with Crippen LogP contribution < -0.4 is 11.1 Å². The van der Waals surface area contributed by atoms with E-state index in [4.69, 9.17) is 5.73 Å². The van der Waals surface area contributed by atoms with E-state index in [1.54, 1.807) is 6.07 Å². The number of carbonyl (C=O) groups is 1. The summed E-state index contributed by atoms with van der Waals surface area (Å²) in [5.41, 5.74) is 6.32. The van der Waals surface area contributed by atoms with Crippen LogP contribution in [0, 0.1) is 5.41 Å². The second kappa shape index (κ2) is 3.94. The molecule has 1 saturated carbocycles. The fourth-order valence-corrected chi connectivity index (χ4v) is 1.42. The van der Waals surface area contributed by atoms with Gasteiger partial charge in [-0.05, 0) is 25.5 Å². The summed E-state index contributed by atoms with van der Waals surface area (Å²) in [7, 11) is 0. The Morgan fingerprint density at radius 3 is 2.87 bits per heavy atom. The lowest BCUT2D eigenvalue weighted by molar-refractivity contribution is 0.0945. The maximum atomic E-state index is 11.6. The minimum Gasteiger partial charge on any atom is -0.351 e. The molecule has 0 unspecified atom stereocenters. The minimum absolute atomic E-state index is 0.107. The molecule has 80 valence electrons. The first-order valence-electron chi connectivity index (χ1n) is 5.01. The number of hydrogen-bond donors (Lipinski definition) is 2. The van der Waals surface area contributed by atoms with E-state index >= 15 is 0 Å². The molecule has 0 aliphatic heterocycles. The number of rotatable bonds is 4. The summed E-state index contributed by atoms with van der Waals surface area (Å²) in [6.07, 6.45) is 5.18. The van der Waals surface area contributed by atoms with Crippen LogP contribution in [0.2, 0.25) is 0 Å². The average molecular weight is 206 g/mol. The van der Waals surface area contributed by atoms with Crippen molar-refractivity contribution in [2.45, 2.75) is 12.8 Å². The quantitative estimate of drug-likeness (QED) is 0.723. The number of hydrogen-bond acceptors (Lipinski definition) is 4. The zero-order chi connectivity index (χ0) is 10.7. The van der Waals surface area contributed by atoms with Gasteiger partial charge < -0.3 is 11.1 Å². The van der Waals surface area contributed by atoms with Crippen molar-refractivity contribution < 1.29 is 4.79 Å². The SMILES string of the molecule is NCC1(CNC(=O)c2ccnnc2)CC1. The molecule has 5 heteroatoms. The molecule has 1 aromatic heterocycles. The van der Waals surface area contributed by atoms with E-state index in [0.717, 1.165) is 12.8 Å². The lowest BCUT2D eigenvalue weighted by Crippen LogP contribution is -2.33. The van der Waals surface area contributed by atoms with Gasteiger partial charge in [-0.2, -0.15) is 10.2 Å². The van der Waals surface area contributed by atoms with Gasteiger partial charge in [0, 0.05) is 12.0 Å². The first-order valence-corrected chi connectivity index (χ1v) is 5.01. The Labute approximate surface area is 88.1 Å². The van der Waals surface area contributed by atoms with Gasteiger partial charge in [-0.25, -0.2) is 0 Å². The fraction of sp³-hybridized carbons (Fsp3) is 0.500. The molecule has 0 aromatic carbocycles. The number of carbonyl (C=O) groups excluding carboxylic acids is 1. The Morgan fingerprint density at radius 2 is 2.33 bits per heavy atom. The zero-order valence-corrected chi connectivity index (χ0v) is 8.44. The molecule has 1 aromatic rings. The van der Waals surface area contributed by atoms with Crippen LogP contribution in [-0.2, 0) is 0 Å². The predicted molar refractivity (Wildman–Crippen MR) is 55.1 cm³/mol.